The van der Waals surface area contributed by atoms with Crippen LogP contribution in [0.15, 0.2) is 6.20 Å². The molecule has 90 valence electrons. The molecule has 0 aliphatic heterocycles. The van der Waals surface area contributed by atoms with Crippen molar-refractivity contribution in [3.05, 3.63) is 22.1 Å². The van der Waals surface area contributed by atoms with Gasteiger partial charge < -0.3 is 14.7 Å². The third-order valence-corrected chi connectivity index (χ3v) is 3.45. The second kappa shape index (κ2) is 5.06. The Balaban J connectivity index is 2.92. The van der Waals surface area contributed by atoms with Gasteiger partial charge in [-0.2, -0.15) is 0 Å². The normalized spacial score (nSPS) is 12.9. The van der Waals surface area contributed by atoms with E-state index >= 15 is 0 Å². The molecule has 1 aromatic rings. The van der Waals surface area contributed by atoms with Crippen molar-refractivity contribution in [2.24, 2.45) is 0 Å². The van der Waals surface area contributed by atoms with E-state index in [0.717, 1.165) is 0 Å². The van der Waals surface area contributed by atoms with Crippen LogP contribution in [-0.4, -0.2) is 28.1 Å². The molecule has 0 aliphatic rings. The van der Waals surface area contributed by atoms with E-state index in [-0.39, 0.29) is 12.4 Å². The molecule has 0 saturated carbocycles. The molecule has 0 bridgehead atoms. The Hall–Kier alpha value is -1.44. The van der Waals surface area contributed by atoms with Crippen molar-refractivity contribution < 1.29 is 13.3 Å². The van der Waals surface area contributed by atoms with Crippen LogP contribution in [0.3, 0.4) is 0 Å². The molecule has 1 heterocycles. The summed E-state index contributed by atoms with van der Waals surface area (Å²) in [5.41, 5.74) is 0. The van der Waals surface area contributed by atoms with Crippen LogP contribution in [0, 0.1) is 17.0 Å². The molecule has 16 heavy (non-hydrogen) atoms. The molecule has 0 radical (unpaired) electrons. The minimum atomic E-state index is -2.52. The van der Waals surface area contributed by atoms with Gasteiger partial charge in [0.15, 0.2) is 0 Å². The van der Waals surface area contributed by atoms with Gasteiger partial charge in [0.2, 0.25) is 5.82 Å². The zero-order valence-corrected chi connectivity index (χ0v) is 9.89. The van der Waals surface area contributed by atoms with Crippen molar-refractivity contribution >= 4 is 16.5 Å². The molecular formula is C8H13N3O4S. The number of aryl methyl sites for hydroxylation is 1. The SMILES string of the molecule is CCC(Cn1cc([N+](=O)[O-])nc1C)[SH](=O)=O. The zero-order chi connectivity index (χ0) is 12.3. The van der Waals surface area contributed by atoms with Gasteiger partial charge in [-0.3, -0.25) is 0 Å². The minimum Gasteiger partial charge on any atom is -0.358 e. The molecular weight excluding hydrogens is 234 g/mol. The van der Waals surface area contributed by atoms with E-state index in [0.29, 0.717) is 12.2 Å². The first kappa shape index (κ1) is 12.6. The summed E-state index contributed by atoms with van der Waals surface area (Å²) >= 11 is 0. The summed E-state index contributed by atoms with van der Waals surface area (Å²) in [7, 11) is -2.52. The number of nitrogens with zero attached hydrogens (tertiary/aromatic N) is 3. The molecule has 1 rings (SSSR count). The third-order valence-electron chi connectivity index (χ3n) is 2.33. The molecule has 0 fully saturated rings. The lowest BCUT2D eigenvalue weighted by atomic mass is 10.3. The van der Waals surface area contributed by atoms with E-state index in [1.165, 1.54) is 10.8 Å². The van der Waals surface area contributed by atoms with E-state index < -0.39 is 20.9 Å². The number of aromatic nitrogens is 2. The van der Waals surface area contributed by atoms with Gasteiger partial charge in [0, 0.05) is 13.5 Å². The van der Waals surface area contributed by atoms with Crippen molar-refractivity contribution in [2.75, 3.05) is 0 Å². The van der Waals surface area contributed by atoms with Crippen LogP contribution in [0.4, 0.5) is 5.82 Å². The molecule has 0 aliphatic carbocycles. The van der Waals surface area contributed by atoms with Crippen molar-refractivity contribution in [2.45, 2.75) is 32.1 Å². The first-order valence-electron chi connectivity index (χ1n) is 4.77. The summed E-state index contributed by atoms with van der Waals surface area (Å²) in [5, 5.41) is 9.95. The predicted molar refractivity (Wildman–Crippen MR) is 58.0 cm³/mol. The summed E-state index contributed by atoms with van der Waals surface area (Å²) in [6.07, 6.45) is 1.74. The van der Waals surface area contributed by atoms with Crippen LogP contribution >= 0.6 is 0 Å². The average Bonchev–Trinajstić information content (AvgIpc) is 2.56. The number of nitro groups is 1. The van der Waals surface area contributed by atoms with Gasteiger partial charge >= 0.3 is 5.82 Å². The molecule has 0 spiro atoms. The quantitative estimate of drug-likeness (QED) is 0.464. The van der Waals surface area contributed by atoms with E-state index in [4.69, 9.17) is 0 Å². The molecule has 0 N–H and O–H groups in total. The first-order chi connectivity index (χ1) is 7.45. The summed E-state index contributed by atoms with van der Waals surface area (Å²) < 4.78 is 23.2. The lowest BCUT2D eigenvalue weighted by Crippen LogP contribution is -2.17. The topological polar surface area (TPSA) is 95.1 Å². The van der Waals surface area contributed by atoms with Gasteiger partial charge in [0.1, 0.15) is 16.9 Å². The van der Waals surface area contributed by atoms with Gasteiger partial charge in [-0.25, -0.2) is 8.42 Å². The molecule has 1 atom stereocenters. The van der Waals surface area contributed by atoms with Crippen LogP contribution in [0.2, 0.25) is 0 Å². The largest absolute Gasteiger partial charge is 0.381 e. The van der Waals surface area contributed by atoms with Crippen molar-refractivity contribution in [1.29, 1.82) is 0 Å². The van der Waals surface area contributed by atoms with Crippen LogP contribution in [0.25, 0.3) is 0 Å². The smallest absolute Gasteiger partial charge is 0.358 e. The maximum Gasteiger partial charge on any atom is 0.381 e. The van der Waals surface area contributed by atoms with Gasteiger partial charge in [-0.05, 0) is 16.3 Å². The average molecular weight is 247 g/mol. The van der Waals surface area contributed by atoms with Crippen molar-refractivity contribution in [3.8, 4) is 0 Å². The third kappa shape index (κ3) is 2.78. The minimum absolute atomic E-state index is 0.210. The van der Waals surface area contributed by atoms with Crippen LogP contribution in [0.5, 0.6) is 0 Å². The standard InChI is InChI=1S/C8H13N3O4S/c1-3-7(16(14)15)4-10-5-8(11(12)13)9-6(10)2/h5,7,16H,3-4H2,1-2H3. The molecule has 8 heteroatoms. The maximum absolute atomic E-state index is 10.9. The number of hydrogen-bond acceptors (Lipinski definition) is 5. The Bertz CT molecular complexity index is 458. The second-order valence-corrected chi connectivity index (χ2v) is 4.70. The number of hydrogen-bond donors (Lipinski definition) is 1. The zero-order valence-electron chi connectivity index (χ0n) is 8.99. The fourth-order valence-electron chi connectivity index (χ4n) is 1.34. The van der Waals surface area contributed by atoms with Gasteiger partial charge in [0.05, 0.1) is 5.25 Å². The summed E-state index contributed by atoms with van der Waals surface area (Å²) in [6, 6.07) is 0. The fraction of sp³-hybridized carbons (Fsp3) is 0.625. The van der Waals surface area contributed by atoms with E-state index in [1.54, 1.807) is 13.8 Å². The van der Waals surface area contributed by atoms with E-state index in [9.17, 15) is 18.5 Å². The highest BCUT2D eigenvalue weighted by Crippen LogP contribution is 2.12. The molecule has 7 nitrogen and oxygen atoms in total. The molecule has 0 saturated heterocycles. The van der Waals surface area contributed by atoms with Crippen molar-refractivity contribution in [3.63, 3.8) is 0 Å². The van der Waals surface area contributed by atoms with E-state index in [1.807, 2.05) is 0 Å². The highest BCUT2D eigenvalue weighted by atomic mass is 32.2. The van der Waals surface area contributed by atoms with Gasteiger partial charge in [-0.15, -0.1) is 0 Å². The first-order valence-corrected chi connectivity index (χ1v) is 6.02. The Labute approximate surface area is 94.2 Å². The predicted octanol–water partition coefficient (Wildman–Crippen LogP) is 0.490. The van der Waals surface area contributed by atoms with Gasteiger partial charge in [-0.1, -0.05) is 6.92 Å². The monoisotopic (exact) mass is 247 g/mol. The van der Waals surface area contributed by atoms with Crippen LogP contribution < -0.4 is 0 Å². The summed E-state index contributed by atoms with van der Waals surface area (Å²) in [5.74, 6) is 0.190. The Morgan fingerprint density at radius 2 is 2.25 bits per heavy atom. The molecule has 0 amide bonds. The number of imidazole rings is 1. The summed E-state index contributed by atoms with van der Waals surface area (Å²) in [6.45, 7) is 3.58. The Morgan fingerprint density at radius 3 is 2.62 bits per heavy atom. The van der Waals surface area contributed by atoms with Crippen molar-refractivity contribution in [1.82, 2.24) is 9.55 Å². The number of rotatable bonds is 5. The lowest BCUT2D eigenvalue weighted by Gasteiger charge is -2.07. The van der Waals surface area contributed by atoms with Gasteiger partial charge in [0.25, 0.3) is 0 Å². The highest BCUT2D eigenvalue weighted by molar-refractivity contribution is 7.73. The van der Waals surface area contributed by atoms with E-state index in [2.05, 4.69) is 4.98 Å². The second-order valence-electron chi connectivity index (χ2n) is 3.40. The molecule has 0 aromatic carbocycles. The van der Waals surface area contributed by atoms with Crippen LogP contribution in [0.1, 0.15) is 19.2 Å². The Morgan fingerprint density at radius 1 is 1.62 bits per heavy atom. The Kier molecular flexibility index (Phi) is 3.99. The number of thiol groups is 1. The lowest BCUT2D eigenvalue weighted by molar-refractivity contribution is -0.389. The highest BCUT2D eigenvalue weighted by Gasteiger charge is 2.18. The fourth-order valence-corrected chi connectivity index (χ4v) is 1.94. The molecule has 1 unspecified atom stereocenters. The van der Waals surface area contributed by atoms with Crippen LogP contribution in [-0.2, 0) is 17.2 Å². The summed E-state index contributed by atoms with van der Waals surface area (Å²) in [4.78, 5) is 13.6. The maximum atomic E-state index is 10.9. The molecule has 1 aromatic heterocycles.